The highest BCUT2D eigenvalue weighted by atomic mass is 32.2. The molecule has 0 fully saturated rings. The fraction of sp³-hybridized carbons (Fsp3) is 0.152. The zero-order valence-electron chi connectivity index (χ0n) is 23.3. The van der Waals surface area contributed by atoms with E-state index in [-0.39, 0.29) is 43.1 Å². The molecule has 0 unspecified atom stereocenters. The number of hydrogen-bond acceptors (Lipinski definition) is 9. The maximum atomic E-state index is 13.8. The van der Waals surface area contributed by atoms with E-state index in [4.69, 9.17) is 23.9 Å². The second-order valence-electron chi connectivity index (χ2n) is 10.2. The third-order valence-corrected chi connectivity index (χ3v) is 8.26. The molecule has 3 heterocycles. The SMILES string of the molecule is O=C(CSc1nc2cc3c(cc2c(=O)n1Cc1ccc(C(=O)NCc2ccc4c(c2)OCO4)cc1)OCO3)c1ccccc1. The smallest absolute Gasteiger partial charge is 0.262 e. The second kappa shape index (κ2) is 11.8. The summed E-state index contributed by atoms with van der Waals surface area (Å²) in [6, 6.07) is 24.9. The molecule has 0 bridgehead atoms. The Bertz CT molecular complexity index is 1960. The number of Topliss-reactive ketones (excluding diaryl/α,β-unsaturated/α-hetero) is 1. The molecule has 0 atom stereocenters. The van der Waals surface area contributed by atoms with Crippen LogP contribution in [0, 0.1) is 0 Å². The van der Waals surface area contributed by atoms with Crippen LogP contribution in [0.2, 0.25) is 0 Å². The lowest BCUT2D eigenvalue weighted by molar-refractivity contribution is 0.0950. The Morgan fingerprint density at radius 1 is 0.773 bits per heavy atom. The third kappa shape index (κ3) is 5.57. The molecule has 1 aromatic heterocycles. The quantitative estimate of drug-likeness (QED) is 0.143. The fourth-order valence-corrected chi connectivity index (χ4v) is 5.85. The molecule has 44 heavy (non-hydrogen) atoms. The summed E-state index contributed by atoms with van der Waals surface area (Å²) in [4.78, 5) is 44.2. The van der Waals surface area contributed by atoms with Gasteiger partial charge >= 0.3 is 0 Å². The van der Waals surface area contributed by atoms with Crippen LogP contribution in [0.25, 0.3) is 10.9 Å². The van der Waals surface area contributed by atoms with Crippen molar-refractivity contribution in [2.75, 3.05) is 19.3 Å². The first-order chi connectivity index (χ1) is 21.5. The number of nitrogens with zero attached hydrogens (tertiary/aromatic N) is 2. The number of ether oxygens (including phenoxy) is 4. The average Bonchev–Trinajstić information content (AvgIpc) is 3.73. The number of carbonyl (C=O) groups is 2. The number of fused-ring (bicyclic) bond motifs is 3. The minimum Gasteiger partial charge on any atom is -0.454 e. The van der Waals surface area contributed by atoms with Crippen LogP contribution in [0.1, 0.15) is 31.8 Å². The maximum Gasteiger partial charge on any atom is 0.262 e. The lowest BCUT2D eigenvalue weighted by Crippen LogP contribution is -2.25. The van der Waals surface area contributed by atoms with Gasteiger partial charge in [-0.05, 0) is 41.5 Å². The van der Waals surface area contributed by atoms with Gasteiger partial charge in [0.25, 0.3) is 11.5 Å². The van der Waals surface area contributed by atoms with Crippen molar-refractivity contribution < 1.29 is 28.5 Å². The standard InChI is InChI=1S/C33H25N3O7S/c37-26(22-4-2-1-3-5-22)17-44-33-35-25-14-30-29(42-19-43-30)13-24(25)32(39)36(33)16-20-6-9-23(10-7-20)31(38)34-15-21-8-11-27-28(12-21)41-18-40-27/h1-14H,15-19H2,(H,34,38). The third-order valence-electron chi connectivity index (χ3n) is 7.29. The van der Waals surface area contributed by atoms with Crippen molar-refractivity contribution in [1.29, 1.82) is 0 Å². The van der Waals surface area contributed by atoms with Gasteiger partial charge in [-0.1, -0.05) is 60.3 Å². The normalized spacial score (nSPS) is 12.8. The van der Waals surface area contributed by atoms with Gasteiger partial charge in [-0.25, -0.2) is 4.98 Å². The minimum atomic E-state index is -0.270. The van der Waals surface area contributed by atoms with Crippen molar-refractivity contribution >= 4 is 34.4 Å². The molecule has 0 spiro atoms. The summed E-state index contributed by atoms with van der Waals surface area (Å²) in [7, 11) is 0. The summed E-state index contributed by atoms with van der Waals surface area (Å²) in [6.45, 7) is 0.785. The monoisotopic (exact) mass is 607 g/mol. The van der Waals surface area contributed by atoms with E-state index in [1.54, 1.807) is 53.1 Å². The van der Waals surface area contributed by atoms with Crippen molar-refractivity contribution in [3.63, 3.8) is 0 Å². The fourth-order valence-electron chi connectivity index (χ4n) is 4.96. The first kappa shape index (κ1) is 27.5. The molecule has 0 radical (unpaired) electrons. The predicted octanol–water partition coefficient (Wildman–Crippen LogP) is 4.81. The summed E-state index contributed by atoms with van der Waals surface area (Å²) in [5.74, 6) is 2.15. The van der Waals surface area contributed by atoms with Crippen LogP contribution in [-0.2, 0) is 13.1 Å². The molecule has 2 aliphatic heterocycles. The number of rotatable bonds is 9. The summed E-state index contributed by atoms with van der Waals surface area (Å²) in [5, 5.41) is 3.70. The van der Waals surface area contributed by atoms with E-state index in [1.807, 2.05) is 36.4 Å². The molecule has 2 aliphatic rings. The minimum absolute atomic E-state index is 0.0710. The number of ketones is 1. The largest absolute Gasteiger partial charge is 0.454 e. The van der Waals surface area contributed by atoms with Crippen molar-refractivity contribution in [3.8, 4) is 23.0 Å². The van der Waals surface area contributed by atoms with Gasteiger partial charge in [0.2, 0.25) is 13.6 Å². The molecule has 7 rings (SSSR count). The van der Waals surface area contributed by atoms with E-state index >= 15 is 0 Å². The highest BCUT2D eigenvalue weighted by Crippen LogP contribution is 2.35. The number of nitrogens with one attached hydrogen (secondary N) is 1. The van der Waals surface area contributed by atoms with Crippen molar-refractivity contribution in [3.05, 3.63) is 118 Å². The molecule has 0 saturated carbocycles. The van der Waals surface area contributed by atoms with Gasteiger partial charge in [0.05, 0.1) is 23.2 Å². The summed E-state index contributed by atoms with van der Waals surface area (Å²) < 4.78 is 23.3. The summed E-state index contributed by atoms with van der Waals surface area (Å²) in [5.41, 5.74) is 2.94. The van der Waals surface area contributed by atoms with E-state index in [1.165, 1.54) is 11.8 Å². The molecule has 11 heteroatoms. The first-order valence-electron chi connectivity index (χ1n) is 13.8. The van der Waals surface area contributed by atoms with Crippen molar-refractivity contribution in [2.45, 2.75) is 18.2 Å². The predicted molar refractivity (Wildman–Crippen MR) is 163 cm³/mol. The highest BCUT2D eigenvalue weighted by molar-refractivity contribution is 7.99. The molecule has 1 N–H and O–H groups in total. The van der Waals surface area contributed by atoms with E-state index in [0.717, 1.165) is 11.1 Å². The number of carbonyl (C=O) groups excluding carboxylic acids is 2. The Hall–Kier alpha value is -5.29. The van der Waals surface area contributed by atoms with Crippen LogP contribution in [-0.4, -0.2) is 40.6 Å². The molecule has 4 aromatic carbocycles. The average molecular weight is 608 g/mol. The number of aromatic nitrogens is 2. The van der Waals surface area contributed by atoms with Crippen molar-refractivity contribution in [2.24, 2.45) is 0 Å². The van der Waals surface area contributed by atoms with E-state index in [9.17, 15) is 14.4 Å². The number of benzene rings is 4. The maximum absolute atomic E-state index is 13.8. The topological polar surface area (TPSA) is 118 Å². The molecule has 220 valence electrons. The zero-order chi connectivity index (χ0) is 30.0. The van der Waals surface area contributed by atoms with E-state index in [2.05, 4.69) is 5.32 Å². The molecule has 1 amide bonds. The van der Waals surface area contributed by atoms with Gasteiger partial charge in [-0.15, -0.1) is 0 Å². The van der Waals surface area contributed by atoms with Gasteiger partial charge in [-0.2, -0.15) is 0 Å². The number of hydrogen-bond donors (Lipinski definition) is 1. The first-order valence-corrected chi connectivity index (χ1v) is 14.8. The van der Waals surface area contributed by atoms with Gasteiger partial charge in [0, 0.05) is 23.7 Å². The van der Waals surface area contributed by atoms with Crippen LogP contribution in [0.15, 0.2) is 94.9 Å². The number of amides is 1. The molecule has 10 nitrogen and oxygen atoms in total. The second-order valence-corrected chi connectivity index (χ2v) is 11.1. The molecule has 0 aliphatic carbocycles. The lowest BCUT2D eigenvalue weighted by Gasteiger charge is -2.14. The van der Waals surface area contributed by atoms with Gasteiger partial charge in [-0.3, -0.25) is 19.0 Å². The van der Waals surface area contributed by atoms with E-state index in [0.29, 0.717) is 56.7 Å². The van der Waals surface area contributed by atoms with Crippen LogP contribution in [0.4, 0.5) is 0 Å². The van der Waals surface area contributed by atoms with Crippen molar-refractivity contribution in [1.82, 2.24) is 14.9 Å². The van der Waals surface area contributed by atoms with Gasteiger partial charge in [0.15, 0.2) is 33.9 Å². The number of thioether (sulfide) groups is 1. The summed E-state index contributed by atoms with van der Waals surface area (Å²) >= 11 is 1.20. The Morgan fingerprint density at radius 2 is 1.45 bits per heavy atom. The van der Waals surface area contributed by atoms with Gasteiger partial charge < -0.3 is 24.3 Å². The van der Waals surface area contributed by atoms with Crippen LogP contribution < -0.4 is 29.8 Å². The molecular weight excluding hydrogens is 582 g/mol. The van der Waals surface area contributed by atoms with Crippen LogP contribution in [0.3, 0.4) is 0 Å². The van der Waals surface area contributed by atoms with Gasteiger partial charge in [0.1, 0.15) is 0 Å². The Kier molecular flexibility index (Phi) is 7.37. The Labute approximate surface area is 255 Å². The Balaban J connectivity index is 1.11. The summed E-state index contributed by atoms with van der Waals surface area (Å²) in [6.07, 6.45) is 0. The van der Waals surface area contributed by atoms with Crippen LogP contribution >= 0.6 is 11.8 Å². The Morgan fingerprint density at radius 3 is 2.23 bits per heavy atom. The van der Waals surface area contributed by atoms with E-state index < -0.39 is 0 Å². The highest BCUT2D eigenvalue weighted by Gasteiger charge is 2.20. The lowest BCUT2D eigenvalue weighted by atomic mass is 10.1. The van der Waals surface area contributed by atoms with Crippen LogP contribution in [0.5, 0.6) is 23.0 Å². The molecule has 5 aromatic rings. The molecular formula is C33H25N3O7S. The zero-order valence-corrected chi connectivity index (χ0v) is 24.1. The molecule has 0 saturated heterocycles.